The van der Waals surface area contributed by atoms with Gasteiger partial charge in [-0.05, 0) is 17.5 Å². The Morgan fingerprint density at radius 3 is 2.48 bits per heavy atom. The van der Waals surface area contributed by atoms with E-state index in [0.717, 1.165) is 11.1 Å². The highest BCUT2D eigenvalue weighted by Gasteiger charge is 2.46. The lowest BCUT2D eigenvalue weighted by atomic mass is 9.84. The summed E-state index contributed by atoms with van der Waals surface area (Å²) in [5.41, 5.74) is 2.65. The first-order valence-electron chi connectivity index (χ1n) is 11.0. The van der Waals surface area contributed by atoms with E-state index in [2.05, 4.69) is 16.7 Å². The number of carbonyl (C=O) groups is 2. The van der Waals surface area contributed by atoms with E-state index in [1.807, 2.05) is 42.5 Å². The number of hydrogen-bond donors (Lipinski definition) is 2. The molecule has 1 aliphatic rings. The van der Waals surface area contributed by atoms with Crippen molar-refractivity contribution in [2.24, 2.45) is 5.92 Å². The Bertz CT molecular complexity index is 1050. The molecule has 170 valence electrons. The van der Waals surface area contributed by atoms with Crippen LogP contribution in [-0.2, 0) is 16.0 Å². The van der Waals surface area contributed by atoms with Gasteiger partial charge in [0.15, 0.2) is 5.78 Å². The molecule has 6 nitrogen and oxygen atoms in total. The van der Waals surface area contributed by atoms with Crippen LogP contribution in [0.1, 0.15) is 46.7 Å². The van der Waals surface area contributed by atoms with E-state index in [1.54, 1.807) is 12.1 Å². The Hall–Kier alpha value is -3.45. The number of carboxylic acids is 1. The summed E-state index contributed by atoms with van der Waals surface area (Å²) < 4.78 is 4.91. The molecular weight excluding hydrogens is 418 g/mol. The maximum absolute atomic E-state index is 12.6. The SMILES string of the molecule is [C-]#[N+][C@@H]1C[C@@H](O)C(c2ccc(C(=O)CCc3ccccc3)cc2)C1CC#CCOCC(=O)O. The summed E-state index contributed by atoms with van der Waals surface area (Å²) in [6, 6.07) is 16.9. The van der Waals surface area contributed by atoms with Crippen LogP contribution in [0.15, 0.2) is 54.6 Å². The molecule has 1 saturated carbocycles. The van der Waals surface area contributed by atoms with Gasteiger partial charge in [-0.1, -0.05) is 60.5 Å². The number of ether oxygens (including phenoxy) is 1. The van der Waals surface area contributed by atoms with Crippen LogP contribution in [0.2, 0.25) is 0 Å². The number of benzene rings is 2. The minimum absolute atomic E-state index is 0.00865. The van der Waals surface area contributed by atoms with E-state index >= 15 is 0 Å². The first kappa shape index (κ1) is 24.2. The van der Waals surface area contributed by atoms with Gasteiger partial charge < -0.3 is 19.8 Å². The number of hydrogen-bond acceptors (Lipinski definition) is 4. The number of aliphatic carboxylic acids is 1. The first-order valence-corrected chi connectivity index (χ1v) is 11.0. The molecule has 0 aromatic heterocycles. The molecule has 2 aromatic rings. The maximum Gasteiger partial charge on any atom is 0.329 e. The molecule has 2 N–H and O–H groups in total. The molecule has 1 fully saturated rings. The average molecular weight is 446 g/mol. The minimum Gasteiger partial charge on any atom is -0.480 e. The van der Waals surface area contributed by atoms with E-state index in [1.165, 1.54) is 0 Å². The van der Waals surface area contributed by atoms with E-state index in [4.69, 9.17) is 16.4 Å². The van der Waals surface area contributed by atoms with Crippen molar-refractivity contribution in [2.45, 2.75) is 43.7 Å². The number of aliphatic hydroxyl groups is 1. The second-order valence-corrected chi connectivity index (χ2v) is 8.16. The minimum atomic E-state index is -1.05. The van der Waals surface area contributed by atoms with Crippen LogP contribution in [0.5, 0.6) is 0 Å². The quantitative estimate of drug-likeness (QED) is 0.266. The van der Waals surface area contributed by atoms with E-state index in [-0.39, 0.29) is 30.3 Å². The number of carboxylic acid groups (broad SMARTS) is 1. The molecular formula is C27H27NO5. The van der Waals surface area contributed by atoms with Gasteiger partial charge in [-0.2, -0.15) is 0 Å². The molecule has 4 atom stereocenters. The fraction of sp³-hybridized carbons (Fsp3) is 0.370. The van der Waals surface area contributed by atoms with Crippen molar-refractivity contribution in [1.29, 1.82) is 0 Å². The van der Waals surface area contributed by atoms with Gasteiger partial charge in [0.05, 0.1) is 12.0 Å². The van der Waals surface area contributed by atoms with Crippen molar-refractivity contribution in [2.75, 3.05) is 13.2 Å². The van der Waals surface area contributed by atoms with Crippen molar-refractivity contribution in [3.05, 3.63) is 82.7 Å². The van der Waals surface area contributed by atoms with Crippen molar-refractivity contribution >= 4 is 11.8 Å². The van der Waals surface area contributed by atoms with Gasteiger partial charge in [0.2, 0.25) is 6.04 Å². The molecule has 3 rings (SSSR count). The fourth-order valence-corrected chi connectivity index (χ4v) is 4.34. The second kappa shape index (κ2) is 12.0. The van der Waals surface area contributed by atoms with Crippen LogP contribution in [0.3, 0.4) is 0 Å². The monoisotopic (exact) mass is 445 g/mol. The van der Waals surface area contributed by atoms with Crippen LogP contribution < -0.4 is 0 Å². The van der Waals surface area contributed by atoms with Gasteiger partial charge in [0.25, 0.3) is 0 Å². The summed E-state index contributed by atoms with van der Waals surface area (Å²) in [7, 11) is 0. The Kier molecular flexibility index (Phi) is 8.78. The summed E-state index contributed by atoms with van der Waals surface area (Å²) in [6.07, 6.45) is 1.25. The second-order valence-electron chi connectivity index (χ2n) is 8.16. The molecule has 6 heteroatoms. The predicted octanol–water partition coefficient (Wildman–Crippen LogP) is 3.75. The zero-order valence-corrected chi connectivity index (χ0v) is 18.3. The van der Waals surface area contributed by atoms with Gasteiger partial charge in [0, 0.05) is 30.7 Å². The molecule has 2 aromatic carbocycles. The Morgan fingerprint density at radius 2 is 1.82 bits per heavy atom. The molecule has 0 amide bonds. The zero-order chi connectivity index (χ0) is 23.6. The zero-order valence-electron chi connectivity index (χ0n) is 18.3. The highest BCUT2D eigenvalue weighted by atomic mass is 16.5. The standard InChI is InChI=1S/C27H27NO5/c1-28-23-17-25(30)27(22(23)9-5-6-16-33-18-26(31)32)21-13-11-20(12-14-21)24(29)15-10-19-7-3-2-4-8-19/h2-4,7-8,11-14,22-23,25,27,30H,9-10,15-18H2,(H,31,32)/t22?,23-,25-,27?/m1/s1. The molecule has 0 saturated heterocycles. The van der Waals surface area contributed by atoms with E-state index in [9.17, 15) is 14.7 Å². The van der Waals surface area contributed by atoms with Gasteiger partial charge >= 0.3 is 5.97 Å². The van der Waals surface area contributed by atoms with Gasteiger partial charge in [-0.3, -0.25) is 4.79 Å². The van der Waals surface area contributed by atoms with Crippen LogP contribution in [0.4, 0.5) is 0 Å². The van der Waals surface area contributed by atoms with Crippen molar-refractivity contribution in [3.63, 3.8) is 0 Å². The lowest BCUT2D eigenvalue weighted by molar-refractivity contribution is -0.141. The molecule has 0 spiro atoms. The maximum atomic E-state index is 12.6. The Labute approximate surface area is 194 Å². The third-order valence-corrected chi connectivity index (χ3v) is 5.98. The Balaban J connectivity index is 1.64. The van der Waals surface area contributed by atoms with Crippen molar-refractivity contribution in [1.82, 2.24) is 0 Å². The summed E-state index contributed by atoms with van der Waals surface area (Å²) in [5, 5.41) is 19.2. The molecule has 0 heterocycles. The van der Waals surface area contributed by atoms with E-state index in [0.29, 0.717) is 31.2 Å². The van der Waals surface area contributed by atoms with Crippen molar-refractivity contribution in [3.8, 4) is 11.8 Å². The number of carbonyl (C=O) groups excluding carboxylic acids is 1. The summed E-state index contributed by atoms with van der Waals surface area (Å²) in [6.45, 7) is 7.11. The van der Waals surface area contributed by atoms with Crippen LogP contribution >= 0.6 is 0 Å². The average Bonchev–Trinajstić information content (AvgIpc) is 3.15. The van der Waals surface area contributed by atoms with Crippen LogP contribution in [0.25, 0.3) is 4.85 Å². The van der Waals surface area contributed by atoms with Gasteiger partial charge in [-0.15, -0.1) is 5.92 Å². The van der Waals surface area contributed by atoms with Crippen LogP contribution in [0, 0.1) is 24.3 Å². The Morgan fingerprint density at radius 1 is 1.09 bits per heavy atom. The van der Waals surface area contributed by atoms with Gasteiger partial charge in [0.1, 0.15) is 13.2 Å². The normalized spacial score (nSPS) is 21.6. The predicted molar refractivity (Wildman–Crippen MR) is 124 cm³/mol. The lowest BCUT2D eigenvalue weighted by Crippen LogP contribution is -2.19. The number of ketones is 1. The largest absolute Gasteiger partial charge is 0.480 e. The fourth-order valence-electron chi connectivity index (χ4n) is 4.34. The number of nitrogens with zero attached hydrogens (tertiary/aromatic N) is 1. The molecule has 1 aliphatic carbocycles. The first-order chi connectivity index (χ1) is 16.0. The summed E-state index contributed by atoms with van der Waals surface area (Å²) >= 11 is 0. The lowest BCUT2D eigenvalue weighted by Gasteiger charge is -2.20. The third kappa shape index (κ3) is 6.76. The third-order valence-electron chi connectivity index (χ3n) is 5.98. The number of aliphatic hydroxyl groups excluding tert-OH is 1. The number of rotatable bonds is 9. The molecule has 0 radical (unpaired) electrons. The highest BCUT2D eigenvalue weighted by Crippen LogP contribution is 2.43. The van der Waals surface area contributed by atoms with E-state index < -0.39 is 18.7 Å². The van der Waals surface area contributed by atoms with Gasteiger partial charge in [-0.25, -0.2) is 11.4 Å². The summed E-state index contributed by atoms with van der Waals surface area (Å²) in [5.74, 6) is 4.38. The smallest absolute Gasteiger partial charge is 0.329 e. The molecule has 2 unspecified atom stereocenters. The van der Waals surface area contributed by atoms with Crippen LogP contribution in [-0.4, -0.2) is 47.3 Å². The topological polar surface area (TPSA) is 88.2 Å². The molecule has 0 bridgehead atoms. The number of aryl methyl sites for hydroxylation is 1. The molecule has 0 aliphatic heterocycles. The summed E-state index contributed by atoms with van der Waals surface area (Å²) in [4.78, 5) is 26.8. The number of Topliss-reactive ketones (excluding diaryl/α,β-unsaturated/α-hetero) is 1. The molecule has 33 heavy (non-hydrogen) atoms. The van der Waals surface area contributed by atoms with Crippen molar-refractivity contribution < 1.29 is 24.5 Å². The highest BCUT2D eigenvalue weighted by molar-refractivity contribution is 5.96.